The van der Waals surface area contributed by atoms with Crippen LogP contribution in [0.15, 0.2) is 0 Å². The van der Waals surface area contributed by atoms with Gasteiger partial charge in [-0.1, -0.05) is 0 Å². The number of hydrogen-bond donors (Lipinski definition) is 1. The summed E-state index contributed by atoms with van der Waals surface area (Å²) < 4.78 is 10.2. The molecule has 0 aliphatic carbocycles. The Balaban J connectivity index is 0.000000810. The molecule has 0 aromatic carbocycles. The summed E-state index contributed by atoms with van der Waals surface area (Å²) >= 11 is 0. The van der Waals surface area contributed by atoms with Gasteiger partial charge in [0.05, 0.1) is 12.7 Å². The lowest BCUT2D eigenvalue weighted by Gasteiger charge is -2.26. The van der Waals surface area contributed by atoms with Gasteiger partial charge in [-0.2, -0.15) is 0 Å². The van der Waals surface area contributed by atoms with Gasteiger partial charge in [-0.25, -0.2) is 0 Å². The molecule has 1 aliphatic rings. The van der Waals surface area contributed by atoms with Crippen LogP contribution in [0, 0.1) is 0 Å². The van der Waals surface area contributed by atoms with Crippen molar-refractivity contribution in [2.45, 2.75) is 18.6 Å². The van der Waals surface area contributed by atoms with E-state index in [1.165, 1.54) is 0 Å². The molecule has 10 heavy (non-hydrogen) atoms. The van der Waals surface area contributed by atoms with Gasteiger partial charge < -0.3 is 15.2 Å². The molecule has 62 valence electrons. The molecule has 1 heterocycles. The highest BCUT2D eigenvalue weighted by atomic mass is 35.5. The standard InChI is InChI=1S/C6H13NO2.ClH/c1-8-6-4-9-3-2-5(6)7;/h5-6H,2-4,7H2,1H3;1H. The first-order valence-electron chi connectivity index (χ1n) is 3.20. The van der Waals surface area contributed by atoms with Crippen LogP contribution in [-0.4, -0.2) is 32.5 Å². The highest BCUT2D eigenvalue weighted by Crippen LogP contribution is 2.07. The van der Waals surface area contributed by atoms with Gasteiger partial charge in [0.1, 0.15) is 0 Å². The van der Waals surface area contributed by atoms with Crippen molar-refractivity contribution in [1.82, 2.24) is 0 Å². The van der Waals surface area contributed by atoms with Crippen molar-refractivity contribution in [2.24, 2.45) is 5.73 Å². The summed E-state index contributed by atoms with van der Waals surface area (Å²) in [6.45, 7) is 1.43. The molecule has 1 aliphatic heterocycles. The summed E-state index contributed by atoms with van der Waals surface area (Å²) in [6, 6.07) is 0.170. The van der Waals surface area contributed by atoms with E-state index in [9.17, 15) is 0 Å². The third-order valence-electron chi connectivity index (χ3n) is 1.66. The van der Waals surface area contributed by atoms with Crippen molar-refractivity contribution in [2.75, 3.05) is 20.3 Å². The summed E-state index contributed by atoms with van der Waals surface area (Å²) in [6.07, 6.45) is 1.03. The normalized spacial score (nSPS) is 33.0. The molecule has 0 spiro atoms. The topological polar surface area (TPSA) is 44.5 Å². The Morgan fingerprint density at radius 3 is 2.70 bits per heavy atom. The Hall–Kier alpha value is 0.170. The maximum Gasteiger partial charge on any atom is 0.0955 e. The average Bonchev–Trinajstić information content (AvgIpc) is 1.89. The van der Waals surface area contributed by atoms with Crippen molar-refractivity contribution in [1.29, 1.82) is 0 Å². The molecule has 4 heteroatoms. The molecule has 0 radical (unpaired) electrons. The van der Waals surface area contributed by atoms with Gasteiger partial charge in [0.25, 0.3) is 0 Å². The van der Waals surface area contributed by atoms with Crippen molar-refractivity contribution >= 4 is 12.4 Å². The molecule has 0 bridgehead atoms. The van der Waals surface area contributed by atoms with E-state index in [0.717, 1.165) is 13.0 Å². The Morgan fingerprint density at radius 1 is 1.60 bits per heavy atom. The molecule has 0 amide bonds. The Bertz CT molecular complexity index is 91.8. The van der Waals surface area contributed by atoms with Crippen LogP contribution in [-0.2, 0) is 9.47 Å². The molecule has 0 aromatic heterocycles. The van der Waals surface area contributed by atoms with Crippen LogP contribution in [0.25, 0.3) is 0 Å². The zero-order valence-corrected chi connectivity index (χ0v) is 6.89. The van der Waals surface area contributed by atoms with Crippen molar-refractivity contribution in [3.63, 3.8) is 0 Å². The highest BCUT2D eigenvalue weighted by Gasteiger charge is 2.21. The lowest BCUT2D eigenvalue weighted by Crippen LogP contribution is -2.43. The smallest absolute Gasteiger partial charge is 0.0955 e. The van der Waals surface area contributed by atoms with Crippen molar-refractivity contribution < 1.29 is 9.47 Å². The molecule has 0 aromatic rings. The minimum absolute atomic E-state index is 0. The second-order valence-electron chi connectivity index (χ2n) is 2.30. The number of methoxy groups -OCH3 is 1. The lowest BCUT2D eigenvalue weighted by atomic mass is 10.1. The second kappa shape index (κ2) is 4.91. The van der Waals surface area contributed by atoms with Crippen LogP contribution in [0.1, 0.15) is 6.42 Å². The summed E-state index contributed by atoms with van der Waals surface area (Å²) in [5.41, 5.74) is 5.68. The molecular weight excluding hydrogens is 154 g/mol. The van der Waals surface area contributed by atoms with Gasteiger partial charge in [-0.05, 0) is 6.42 Å². The molecule has 1 rings (SSSR count). The molecular formula is C6H14ClNO2. The fourth-order valence-electron chi connectivity index (χ4n) is 0.971. The van der Waals surface area contributed by atoms with E-state index in [2.05, 4.69) is 0 Å². The number of ether oxygens (including phenoxy) is 2. The molecule has 3 nitrogen and oxygen atoms in total. The first-order chi connectivity index (χ1) is 4.34. The molecule has 2 N–H and O–H groups in total. The third-order valence-corrected chi connectivity index (χ3v) is 1.66. The van der Waals surface area contributed by atoms with E-state index in [1.807, 2.05) is 0 Å². The van der Waals surface area contributed by atoms with E-state index in [0.29, 0.717) is 6.61 Å². The third kappa shape index (κ3) is 2.42. The summed E-state index contributed by atoms with van der Waals surface area (Å²) in [7, 11) is 1.67. The fraction of sp³-hybridized carbons (Fsp3) is 1.00. The van der Waals surface area contributed by atoms with Crippen LogP contribution < -0.4 is 5.73 Å². The number of rotatable bonds is 1. The quantitative estimate of drug-likeness (QED) is 0.606. The molecule has 0 saturated carbocycles. The van der Waals surface area contributed by atoms with E-state index in [1.54, 1.807) is 7.11 Å². The molecule has 2 unspecified atom stereocenters. The number of nitrogens with two attached hydrogens (primary N) is 1. The van der Waals surface area contributed by atoms with Gasteiger partial charge in [-0.3, -0.25) is 0 Å². The minimum Gasteiger partial charge on any atom is -0.379 e. The first-order valence-corrected chi connectivity index (χ1v) is 3.20. The van der Waals surface area contributed by atoms with Crippen molar-refractivity contribution in [3.05, 3.63) is 0 Å². The van der Waals surface area contributed by atoms with Gasteiger partial charge in [-0.15, -0.1) is 12.4 Å². The average molecular weight is 168 g/mol. The zero-order chi connectivity index (χ0) is 6.69. The fourth-order valence-corrected chi connectivity index (χ4v) is 0.971. The van der Waals surface area contributed by atoms with Gasteiger partial charge in [0.2, 0.25) is 0 Å². The predicted octanol–water partition coefficient (Wildman–Crippen LogP) is 0.171. The van der Waals surface area contributed by atoms with Crippen LogP contribution >= 0.6 is 12.4 Å². The Morgan fingerprint density at radius 2 is 2.30 bits per heavy atom. The Kier molecular flexibility index (Phi) is 4.99. The van der Waals surface area contributed by atoms with Crippen molar-refractivity contribution in [3.8, 4) is 0 Å². The van der Waals surface area contributed by atoms with Crippen LogP contribution in [0.2, 0.25) is 0 Å². The SMILES string of the molecule is COC1COCCC1N.Cl. The van der Waals surface area contributed by atoms with E-state index < -0.39 is 0 Å². The predicted molar refractivity (Wildman–Crippen MR) is 41.5 cm³/mol. The maximum atomic E-state index is 5.68. The van der Waals surface area contributed by atoms with Gasteiger partial charge in [0.15, 0.2) is 0 Å². The minimum atomic E-state index is 0. The maximum absolute atomic E-state index is 5.68. The monoisotopic (exact) mass is 167 g/mol. The molecule has 2 atom stereocenters. The number of halogens is 1. The van der Waals surface area contributed by atoms with Crippen LogP contribution in [0.5, 0.6) is 0 Å². The zero-order valence-electron chi connectivity index (χ0n) is 6.08. The highest BCUT2D eigenvalue weighted by molar-refractivity contribution is 5.85. The van der Waals surface area contributed by atoms with E-state index >= 15 is 0 Å². The second-order valence-corrected chi connectivity index (χ2v) is 2.30. The van der Waals surface area contributed by atoms with Gasteiger partial charge >= 0.3 is 0 Å². The Labute approximate surface area is 67.3 Å². The number of hydrogen-bond acceptors (Lipinski definition) is 3. The molecule has 1 saturated heterocycles. The van der Waals surface area contributed by atoms with Gasteiger partial charge in [0, 0.05) is 19.8 Å². The van der Waals surface area contributed by atoms with Crippen LogP contribution in [0.4, 0.5) is 0 Å². The molecule has 1 fully saturated rings. The summed E-state index contributed by atoms with van der Waals surface area (Å²) in [5.74, 6) is 0. The summed E-state index contributed by atoms with van der Waals surface area (Å²) in [4.78, 5) is 0. The first kappa shape index (κ1) is 10.2. The van der Waals surface area contributed by atoms with E-state index in [4.69, 9.17) is 15.2 Å². The largest absolute Gasteiger partial charge is 0.379 e. The summed E-state index contributed by atoms with van der Waals surface area (Å²) in [5, 5.41) is 0. The van der Waals surface area contributed by atoms with Crippen LogP contribution in [0.3, 0.4) is 0 Å². The van der Waals surface area contributed by atoms with E-state index in [-0.39, 0.29) is 24.6 Å². The lowest BCUT2D eigenvalue weighted by molar-refractivity contribution is -0.0411.